The SMILES string of the molecule is COc1ccccc1[C@H]1CCCN1C(=O)CN1CCOc2ccccc2C1. The van der Waals surface area contributed by atoms with Crippen LogP contribution in [-0.4, -0.2) is 49.1 Å². The van der Waals surface area contributed by atoms with E-state index in [2.05, 4.69) is 17.0 Å². The molecule has 142 valence electrons. The first-order chi connectivity index (χ1) is 13.3. The molecule has 2 aliphatic heterocycles. The molecule has 2 heterocycles. The molecule has 1 saturated heterocycles. The van der Waals surface area contributed by atoms with Crippen molar-refractivity contribution in [3.8, 4) is 11.5 Å². The molecule has 27 heavy (non-hydrogen) atoms. The molecule has 4 rings (SSSR count). The highest BCUT2D eigenvalue weighted by Gasteiger charge is 2.32. The Morgan fingerprint density at radius 3 is 2.85 bits per heavy atom. The Balaban J connectivity index is 1.47. The van der Waals surface area contributed by atoms with Crippen molar-refractivity contribution in [1.82, 2.24) is 9.80 Å². The highest BCUT2D eigenvalue weighted by molar-refractivity contribution is 5.79. The van der Waals surface area contributed by atoms with Gasteiger partial charge in [0.2, 0.25) is 5.91 Å². The summed E-state index contributed by atoms with van der Waals surface area (Å²) >= 11 is 0. The van der Waals surface area contributed by atoms with Crippen molar-refractivity contribution in [3.05, 3.63) is 59.7 Å². The molecule has 1 fully saturated rings. The normalized spacial score (nSPS) is 19.9. The van der Waals surface area contributed by atoms with Crippen molar-refractivity contribution in [1.29, 1.82) is 0 Å². The van der Waals surface area contributed by atoms with Crippen LogP contribution in [0, 0.1) is 0 Å². The molecule has 0 aliphatic carbocycles. The van der Waals surface area contributed by atoms with E-state index in [-0.39, 0.29) is 11.9 Å². The van der Waals surface area contributed by atoms with Crippen molar-refractivity contribution in [2.75, 3.05) is 33.4 Å². The highest BCUT2D eigenvalue weighted by Crippen LogP contribution is 2.37. The third kappa shape index (κ3) is 3.78. The van der Waals surface area contributed by atoms with Gasteiger partial charge in [0.15, 0.2) is 0 Å². The van der Waals surface area contributed by atoms with Gasteiger partial charge in [-0.3, -0.25) is 9.69 Å². The number of benzene rings is 2. The number of carbonyl (C=O) groups is 1. The molecule has 0 radical (unpaired) electrons. The smallest absolute Gasteiger partial charge is 0.237 e. The molecule has 5 heteroatoms. The molecule has 0 unspecified atom stereocenters. The topological polar surface area (TPSA) is 42.0 Å². The third-order valence-corrected chi connectivity index (χ3v) is 5.46. The number of hydrogen-bond acceptors (Lipinski definition) is 4. The zero-order valence-electron chi connectivity index (χ0n) is 15.8. The second kappa shape index (κ2) is 8.01. The van der Waals surface area contributed by atoms with E-state index in [0.29, 0.717) is 13.2 Å². The quantitative estimate of drug-likeness (QED) is 0.833. The summed E-state index contributed by atoms with van der Waals surface area (Å²) in [5.74, 6) is 1.97. The fourth-order valence-corrected chi connectivity index (χ4v) is 4.13. The van der Waals surface area contributed by atoms with Crippen LogP contribution >= 0.6 is 0 Å². The fourth-order valence-electron chi connectivity index (χ4n) is 4.13. The standard InChI is InChI=1S/C22H26N2O3/c1-26-21-11-5-3-8-18(21)19-9-6-12-24(19)22(25)16-23-13-14-27-20-10-4-2-7-17(20)15-23/h2-5,7-8,10-11,19H,6,9,12-16H2,1H3/t19-/m1/s1. The van der Waals surface area contributed by atoms with Crippen LogP contribution in [0.1, 0.15) is 30.0 Å². The second-order valence-corrected chi connectivity index (χ2v) is 7.15. The Morgan fingerprint density at radius 2 is 1.96 bits per heavy atom. The van der Waals surface area contributed by atoms with Crippen molar-refractivity contribution in [3.63, 3.8) is 0 Å². The lowest BCUT2D eigenvalue weighted by atomic mass is 10.0. The maximum Gasteiger partial charge on any atom is 0.237 e. The van der Waals surface area contributed by atoms with E-state index in [4.69, 9.17) is 9.47 Å². The molecule has 2 aromatic rings. The van der Waals surface area contributed by atoms with E-state index in [1.807, 2.05) is 41.3 Å². The summed E-state index contributed by atoms with van der Waals surface area (Å²) in [6.07, 6.45) is 2.01. The number of methoxy groups -OCH3 is 1. The molecule has 5 nitrogen and oxygen atoms in total. The summed E-state index contributed by atoms with van der Waals surface area (Å²) in [6.45, 7) is 3.34. The van der Waals surface area contributed by atoms with Gasteiger partial charge < -0.3 is 14.4 Å². The van der Waals surface area contributed by atoms with Gasteiger partial charge in [0, 0.05) is 30.8 Å². The Labute approximate surface area is 160 Å². The highest BCUT2D eigenvalue weighted by atomic mass is 16.5. The van der Waals surface area contributed by atoms with E-state index in [1.165, 1.54) is 0 Å². The maximum absolute atomic E-state index is 13.1. The number of fused-ring (bicyclic) bond motifs is 1. The molecule has 1 atom stereocenters. The third-order valence-electron chi connectivity index (χ3n) is 5.46. The first-order valence-corrected chi connectivity index (χ1v) is 9.61. The number of para-hydroxylation sites is 2. The first-order valence-electron chi connectivity index (χ1n) is 9.61. The number of likely N-dealkylation sites (tertiary alicyclic amines) is 1. The Bertz CT molecular complexity index is 808. The van der Waals surface area contributed by atoms with E-state index >= 15 is 0 Å². The summed E-state index contributed by atoms with van der Waals surface area (Å²) in [5, 5.41) is 0. The number of ether oxygens (including phenoxy) is 2. The average molecular weight is 366 g/mol. The van der Waals surface area contributed by atoms with Crippen molar-refractivity contribution in [2.24, 2.45) is 0 Å². The van der Waals surface area contributed by atoms with Crippen LogP contribution in [-0.2, 0) is 11.3 Å². The van der Waals surface area contributed by atoms with Gasteiger partial charge in [0.25, 0.3) is 0 Å². The van der Waals surface area contributed by atoms with Crippen LogP contribution < -0.4 is 9.47 Å². The Kier molecular flexibility index (Phi) is 5.30. The van der Waals surface area contributed by atoms with Gasteiger partial charge in [-0.2, -0.15) is 0 Å². The Morgan fingerprint density at radius 1 is 1.15 bits per heavy atom. The molecule has 2 aliphatic rings. The zero-order valence-corrected chi connectivity index (χ0v) is 15.8. The maximum atomic E-state index is 13.1. The van der Waals surface area contributed by atoms with Gasteiger partial charge in [0.05, 0.1) is 19.7 Å². The molecule has 2 aromatic carbocycles. The average Bonchev–Trinajstić information content (AvgIpc) is 3.10. The van der Waals surface area contributed by atoms with E-state index in [0.717, 1.165) is 55.1 Å². The van der Waals surface area contributed by atoms with Crippen molar-refractivity contribution < 1.29 is 14.3 Å². The number of carbonyl (C=O) groups excluding carboxylic acids is 1. The van der Waals surface area contributed by atoms with Crippen LogP contribution in [0.5, 0.6) is 11.5 Å². The minimum Gasteiger partial charge on any atom is -0.496 e. The Hall–Kier alpha value is -2.53. The fraction of sp³-hybridized carbons (Fsp3) is 0.409. The first kappa shape index (κ1) is 17.9. The molecule has 0 spiro atoms. The number of hydrogen-bond donors (Lipinski definition) is 0. The van der Waals surface area contributed by atoms with Gasteiger partial charge in [-0.15, -0.1) is 0 Å². The molecular weight excluding hydrogens is 340 g/mol. The summed E-state index contributed by atoms with van der Waals surface area (Å²) in [6, 6.07) is 16.2. The lowest BCUT2D eigenvalue weighted by molar-refractivity contribution is -0.133. The molecule has 1 amide bonds. The van der Waals surface area contributed by atoms with Gasteiger partial charge in [-0.1, -0.05) is 36.4 Å². The van der Waals surface area contributed by atoms with Gasteiger partial charge in [-0.05, 0) is 25.0 Å². The van der Waals surface area contributed by atoms with Crippen LogP contribution in [0.3, 0.4) is 0 Å². The summed E-state index contributed by atoms with van der Waals surface area (Å²) < 4.78 is 11.3. The second-order valence-electron chi connectivity index (χ2n) is 7.15. The minimum atomic E-state index is 0.101. The molecule has 0 N–H and O–H groups in total. The number of rotatable bonds is 4. The minimum absolute atomic E-state index is 0.101. The van der Waals surface area contributed by atoms with Crippen LogP contribution in [0.2, 0.25) is 0 Å². The predicted octanol–water partition coefficient (Wildman–Crippen LogP) is 3.25. The van der Waals surface area contributed by atoms with E-state index in [1.54, 1.807) is 7.11 Å². The molecular formula is C22H26N2O3. The van der Waals surface area contributed by atoms with Crippen LogP contribution in [0.4, 0.5) is 0 Å². The largest absolute Gasteiger partial charge is 0.496 e. The van der Waals surface area contributed by atoms with Crippen molar-refractivity contribution in [2.45, 2.75) is 25.4 Å². The summed E-state index contributed by atoms with van der Waals surface area (Å²) in [7, 11) is 1.69. The summed E-state index contributed by atoms with van der Waals surface area (Å²) in [5.41, 5.74) is 2.25. The van der Waals surface area contributed by atoms with Crippen molar-refractivity contribution >= 4 is 5.91 Å². The molecule has 0 aromatic heterocycles. The monoisotopic (exact) mass is 366 g/mol. The lowest BCUT2D eigenvalue weighted by Gasteiger charge is -2.29. The van der Waals surface area contributed by atoms with Gasteiger partial charge in [-0.25, -0.2) is 0 Å². The number of amides is 1. The van der Waals surface area contributed by atoms with E-state index in [9.17, 15) is 4.79 Å². The zero-order chi connectivity index (χ0) is 18.6. The van der Waals surface area contributed by atoms with Crippen LogP contribution in [0.15, 0.2) is 48.5 Å². The van der Waals surface area contributed by atoms with E-state index < -0.39 is 0 Å². The summed E-state index contributed by atoms with van der Waals surface area (Å²) in [4.78, 5) is 17.3. The van der Waals surface area contributed by atoms with Crippen LogP contribution in [0.25, 0.3) is 0 Å². The molecule has 0 saturated carbocycles. The number of nitrogens with zero attached hydrogens (tertiary/aromatic N) is 2. The molecule has 0 bridgehead atoms. The van der Waals surface area contributed by atoms with Gasteiger partial charge in [0.1, 0.15) is 18.1 Å². The lowest BCUT2D eigenvalue weighted by Crippen LogP contribution is -2.40. The predicted molar refractivity (Wildman–Crippen MR) is 104 cm³/mol. The van der Waals surface area contributed by atoms with Gasteiger partial charge >= 0.3 is 0 Å².